The minimum atomic E-state index is -1.22. The van der Waals surface area contributed by atoms with Gasteiger partial charge in [-0.3, -0.25) is 10.1 Å². The highest BCUT2D eigenvalue weighted by atomic mass is 35.5. The average Bonchev–Trinajstić information content (AvgIpc) is 3.57. The molecule has 0 spiro atoms. The van der Waals surface area contributed by atoms with Crippen molar-refractivity contribution in [1.29, 1.82) is 0 Å². The number of halogens is 1. The monoisotopic (exact) mass is 422 g/mol. The lowest BCUT2D eigenvalue weighted by Gasteiger charge is -2.24. The Morgan fingerprint density at radius 1 is 1.38 bits per heavy atom. The van der Waals surface area contributed by atoms with E-state index in [4.69, 9.17) is 16.3 Å². The molecule has 3 rings (SSSR count). The van der Waals surface area contributed by atoms with E-state index < -0.39 is 29.6 Å². The fraction of sp³-hybridized carbons (Fsp3) is 0.389. The second-order valence-electron chi connectivity index (χ2n) is 6.59. The van der Waals surface area contributed by atoms with E-state index in [1.807, 2.05) is 0 Å². The van der Waals surface area contributed by atoms with Crippen molar-refractivity contribution < 1.29 is 24.7 Å². The first-order valence-corrected chi connectivity index (χ1v) is 9.19. The molecular weight excluding hydrogens is 404 g/mol. The second-order valence-corrected chi connectivity index (χ2v) is 6.96. The normalized spacial score (nSPS) is 15.4. The highest BCUT2D eigenvalue weighted by molar-refractivity contribution is 6.35. The van der Waals surface area contributed by atoms with Crippen LogP contribution in [0.5, 0.6) is 0 Å². The van der Waals surface area contributed by atoms with Crippen LogP contribution in [0.2, 0.25) is 5.02 Å². The molecule has 11 heteroatoms. The van der Waals surface area contributed by atoms with E-state index in [0.29, 0.717) is 11.4 Å². The molecule has 3 N–H and O–H groups in total. The standard InChI is InChI=1S/C18H19ClN4O6/c1-29-18(26)14-13(19)17(22-16(21-14)10-2-3-10)20-12(8-24)15(25)9-4-6-11(7-5-9)23(27)28/h4-7,10,12,15,24-25H,2-3,8H2,1H3,(H,20,21,22)/t12-,15-/m0/s1. The zero-order chi connectivity index (χ0) is 21.1. The zero-order valence-corrected chi connectivity index (χ0v) is 16.2. The van der Waals surface area contributed by atoms with Crippen molar-refractivity contribution in [2.75, 3.05) is 19.0 Å². The average molecular weight is 423 g/mol. The van der Waals surface area contributed by atoms with Gasteiger partial charge in [0.2, 0.25) is 0 Å². The summed E-state index contributed by atoms with van der Waals surface area (Å²) in [5.74, 6) is -0.0926. The number of nitrogens with one attached hydrogen (secondary N) is 1. The Morgan fingerprint density at radius 3 is 2.55 bits per heavy atom. The largest absolute Gasteiger partial charge is 0.464 e. The number of rotatable bonds is 8. The van der Waals surface area contributed by atoms with Crippen molar-refractivity contribution in [2.24, 2.45) is 0 Å². The number of ether oxygens (including phenoxy) is 1. The molecule has 1 aliphatic rings. The topological polar surface area (TPSA) is 148 Å². The summed E-state index contributed by atoms with van der Waals surface area (Å²) in [5.41, 5.74) is 0.128. The zero-order valence-electron chi connectivity index (χ0n) is 15.4. The molecule has 0 saturated heterocycles. The van der Waals surface area contributed by atoms with Gasteiger partial charge in [-0.15, -0.1) is 0 Å². The van der Waals surface area contributed by atoms with Crippen LogP contribution < -0.4 is 5.32 Å². The van der Waals surface area contributed by atoms with Gasteiger partial charge in [0.1, 0.15) is 22.8 Å². The first-order chi connectivity index (χ1) is 13.8. The summed E-state index contributed by atoms with van der Waals surface area (Å²) in [5, 5.41) is 33.9. The molecule has 10 nitrogen and oxygen atoms in total. The molecule has 154 valence electrons. The number of esters is 1. The number of aliphatic hydroxyl groups excluding tert-OH is 2. The van der Waals surface area contributed by atoms with Crippen LogP contribution in [-0.2, 0) is 4.74 Å². The molecule has 1 aromatic carbocycles. The number of hydrogen-bond donors (Lipinski definition) is 3. The van der Waals surface area contributed by atoms with Gasteiger partial charge < -0.3 is 20.3 Å². The molecule has 2 aromatic rings. The fourth-order valence-electron chi connectivity index (χ4n) is 2.74. The lowest BCUT2D eigenvalue weighted by molar-refractivity contribution is -0.384. The quantitative estimate of drug-likeness (QED) is 0.330. The predicted octanol–water partition coefficient (Wildman–Crippen LogP) is 2.21. The van der Waals surface area contributed by atoms with Gasteiger partial charge in [0.25, 0.3) is 5.69 Å². The number of aromatic nitrogens is 2. The van der Waals surface area contributed by atoms with E-state index in [0.717, 1.165) is 12.8 Å². The van der Waals surface area contributed by atoms with Gasteiger partial charge in [0.15, 0.2) is 5.69 Å². The highest BCUT2D eigenvalue weighted by Crippen LogP contribution is 2.40. The Balaban J connectivity index is 1.88. The van der Waals surface area contributed by atoms with Crippen molar-refractivity contribution in [2.45, 2.75) is 30.9 Å². The number of nitro groups is 1. The van der Waals surface area contributed by atoms with Crippen LogP contribution in [0.4, 0.5) is 11.5 Å². The van der Waals surface area contributed by atoms with Crippen LogP contribution >= 0.6 is 11.6 Å². The highest BCUT2D eigenvalue weighted by Gasteiger charge is 2.31. The number of hydrogen-bond acceptors (Lipinski definition) is 9. The van der Waals surface area contributed by atoms with Gasteiger partial charge in [-0.05, 0) is 30.5 Å². The minimum absolute atomic E-state index is 0.0870. The van der Waals surface area contributed by atoms with Crippen LogP contribution in [0.3, 0.4) is 0 Å². The predicted molar refractivity (Wildman–Crippen MR) is 103 cm³/mol. The molecule has 1 fully saturated rings. The molecule has 0 amide bonds. The summed E-state index contributed by atoms with van der Waals surface area (Å²) in [7, 11) is 1.21. The Bertz CT molecular complexity index is 919. The molecule has 0 unspecified atom stereocenters. The van der Waals surface area contributed by atoms with Crippen LogP contribution in [0.15, 0.2) is 24.3 Å². The maximum absolute atomic E-state index is 12.0. The molecule has 29 heavy (non-hydrogen) atoms. The van der Waals surface area contributed by atoms with Gasteiger partial charge >= 0.3 is 5.97 Å². The van der Waals surface area contributed by atoms with Gasteiger partial charge in [0, 0.05) is 18.1 Å². The summed E-state index contributed by atoms with van der Waals surface area (Å²) in [6.45, 7) is -0.495. The van der Waals surface area contributed by atoms with Gasteiger partial charge in [-0.1, -0.05) is 11.6 Å². The summed E-state index contributed by atoms with van der Waals surface area (Å²) >= 11 is 6.26. The minimum Gasteiger partial charge on any atom is -0.464 e. The number of carbonyl (C=O) groups is 1. The van der Waals surface area contributed by atoms with E-state index in [1.165, 1.54) is 31.4 Å². The number of aliphatic hydroxyl groups is 2. The summed E-state index contributed by atoms with van der Waals surface area (Å²) < 4.78 is 4.71. The van der Waals surface area contributed by atoms with Crippen molar-refractivity contribution in [3.8, 4) is 0 Å². The van der Waals surface area contributed by atoms with Crippen molar-refractivity contribution in [3.63, 3.8) is 0 Å². The van der Waals surface area contributed by atoms with Crippen LogP contribution in [0.1, 0.15) is 46.7 Å². The number of benzene rings is 1. The summed E-state index contributed by atoms with van der Waals surface area (Å²) in [4.78, 5) is 30.8. The number of non-ortho nitro benzene ring substituents is 1. The van der Waals surface area contributed by atoms with E-state index >= 15 is 0 Å². The van der Waals surface area contributed by atoms with Gasteiger partial charge in [-0.2, -0.15) is 0 Å². The lowest BCUT2D eigenvalue weighted by Crippen LogP contribution is -2.32. The molecule has 1 saturated carbocycles. The van der Waals surface area contributed by atoms with E-state index in [2.05, 4.69) is 15.3 Å². The molecule has 0 radical (unpaired) electrons. The maximum atomic E-state index is 12.0. The van der Waals surface area contributed by atoms with Crippen LogP contribution in [-0.4, -0.2) is 50.8 Å². The number of anilines is 1. The number of methoxy groups -OCH3 is 1. The first-order valence-electron chi connectivity index (χ1n) is 8.81. The molecule has 0 bridgehead atoms. The third-order valence-electron chi connectivity index (χ3n) is 4.54. The Labute approximate surface area is 170 Å². The molecule has 1 aliphatic carbocycles. The molecular formula is C18H19ClN4O6. The number of nitro benzene ring substituents is 1. The molecule has 1 heterocycles. The smallest absolute Gasteiger partial charge is 0.358 e. The molecule has 0 aliphatic heterocycles. The molecule has 2 atom stereocenters. The Hall–Kier alpha value is -2.82. The van der Waals surface area contributed by atoms with Crippen LogP contribution in [0.25, 0.3) is 0 Å². The third kappa shape index (κ3) is 4.61. The van der Waals surface area contributed by atoms with Crippen molar-refractivity contribution >= 4 is 29.1 Å². The van der Waals surface area contributed by atoms with Crippen molar-refractivity contribution in [1.82, 2.24) is 9.97 Å². The van der Waals surface area contributed by atoms with Gasteiger partial charge in [-0.25, -0.2) is 14.8 Å². The van der Waals surface area contributed by atoms with Gasteiger partial charge in [0.05, 0.1) is 24.7 Å². The Morgan fingerprint density at radius 2 is 2.03 bits per heavy atom. The van der Waals surface area contributed by atoms with E-state index in [9.17, 15) is 25.1 Å². The second kappa shape index (κ2) is 8.68. The lowest BCUT2D eigenvalue weighted by atomic mass is 10.0. The number of carbonyl (C=O) groups excluding carboxylic acids is 1. The third-order valence-corrected chi connectivity index (χ3v) is 4.89. The van der Waals surface area contributed by atoms with E-state index in [-0.39, 0.29) is 28.1 Å². The Kier molecular flexibility index (Phi) is 6.26. The summed E-state index contributed by atoms with van der Waals surface area (Å²) in [6.07, 6.45) is 0.547. The molecule has 1 aromatic heterocycles. The van der Waals surface area contributed by atoms with Crippen molar-refractivity contribution in [3.05, 3.63) is 56.5 Å². The fourth-order valence-corrected chi connectivity index (χ4v) is 2.96. The van der Waals surface area contributed by atoms with Crippen LogP contribution in [0, 0.1) is 10.1 Å². The maximum Gasteiger partial charge on any atom is 0.358 e. The number of nitrogens with zero attached hydrogens (tertiary/aromatic N) is 3. The van der Waals surface area contributed by atoms with E-state index in [1.54, 1.807) is 0 Å². The SMILES string of the molecule is COC(=O)c1nc(C2CC2)nc(N[C@@H](CO)[C@@H](O)c2ccc([N+](=O)[O-])cc2)c1Cl. The summed E-state index contributed by atoms with van der Waals surface area (Å²) in [6, 6.07) is 4.35. The first kappa shape index (κ1) is 20.9.